The third kappa shape index (κ3) is 6.12. The van der Waals surface area contributed by atoms with E-state index in [2.05, 4.69) is 32.0 Å². The number of hydrogen-bond acceptors (Lipinski definition) is 6. The fraction of sp³-hybridized carbons (Fsp3) is 0.0968. The smallest absolute Gasteiger partial charge is 0.255 e. The molecular weight excluding hydrogens is 472 g/mol. The van der Waals surface area contributed by atoms with Crippen LogP contribution < -0.4 is 16.0 Å². The highest BCUT2D eigenvalue weighted by atomic mass is 16.1. The molecule has 0 aliphatic rings. The molecule has 0 saturated carbocycles. The molecule has 0 aliphatic carbocycles. The van der Waals surface area contributed by atoms with Crippen molar-refractivity contribution in [3.8, 4) is 6.07 Å². The van der Waals surface area contributed by atoms with Gasteiger partial charge in [0.15, 0.2) is 0 Å². The molecule has 5 rings (SSSR count). The largest absolute Gasteiger partial charge is 0.355 e. The standard InChI is InChI=1S/C29H22N6O.C2H6/c1-19-16-21(29(36)34-23-6-4-22(5-7-23)33-24-10-13-31-14-11-24)3-9-26(19)35-28-12-15-32-27-8-2-20(18-30)17-25(27)28;1-2/h2-17H,1H3,(H,31,33)(H,32,35)(H,34,36);1-2H3. The van der Waals surface area contributed by atoms with E-state index in [0.717, 1.165) is 39.2 Å². The Balaban J connectivity index is 0.00000164. The minimum atomic E-state index is -0.187. The average Bonchev–Trinajstić information content (AvgIpc) is 2.96. The maximum absolute atomic E-state index is 12.9. The summed E-state index contributed by atoms with van der Waals surface area (Å²) >= 11 is 0. The van der Waals surface area contributed by atoms with Gasteiger partial charge in [-0.1, -0.05) is 13.8 Å². The molecule has 0 fully saturated rings. The lowest BCUT2D eigenvalue weighted by atomic mass is 10.1. The van der Waals surface area contributed by atoms with Crippen LogP contribution in [0.4, 0.5) is 28.4 Å². The van der Waals surface area contributed by atoms with Gasteiger partial charge in [-0.15, -0.1) is 0 Å². The molecule has 2 aromatic heterocycles. The number of rotatable bonds is 6. The van der Waals surface area contributed by atoms with Gasteiger partial charge in [0.05, 0.1) is 17.1 Å². The maximum Gasteiger partial charge on any atom is 0.255 e. The second-order valence-electron chi connectivity index (χ2n) is 8.25. The van der Waals surface area contributed by atoms with Gasteiger partial charge in [0.2, 0.25) is 0 Å². The van der Waals surface area contributed by atoms with Crippen LogP contribution in [0.1, 0.15) is 35.3 Å². The van der Waals surface area contributed by atoms with Crippen molar-refractivity contribution in [2.75, 3.05) is 16.0 Å². The Bertz CT molecular complexity index is 1590. The fourth-order valence-electron chi connectivity index (χ4n) is 3.86. The topological polar surface area (TPSA) is 103 Å². The van der Waals surface area contributed by atoms with E-state index in [-0.39, 0.29) is 5.91 Å². The second-order valence-corrected chi connectivity index (χ2v) is 8.25. The van der Waals surface area contributed by atoms with Crippen molar-refractivity contribution in [1.29, 1.82) is 5.26 Å². The zero-order valence-corrected chi connectivity index (χ0v) is 21.5. The molecule has 7 heteroatoms. The Morgan fingerprint density at radius 2 is 1.47 bits per heavy atom. The van der Waals surface area contributed by atoms with Crippen LogP contribution in [0.25, 0.3) is 10.9 Å². The zero-order chi connectivity index (χ0) is 26.9. The molecule has 7 nitrogen and oxygen atoms in total. The summed E-state index contributed by atoms with van der Waals surface area (Å²) in [5.74, 6) is -0.187. The molecule has 2 heterocycles. The SMILES string of the molecule is CC.Cc1cc(C(=O)Nc2ccc(Nc3ccncc3)cc2)ccc1Nc1ccnc2ccc(C#N)cc12. The highest BCUT2D eigenvalue weighted by Gasteiger charge is 2.10. The van der Waals surface area contributed by atoms with E-state index in [1.807, 2.05) is 87.5 Å². The summed E-state index contributed by atoms with van der Waals surface area (Å²) in [6.07, 6.45) is 5.18. The number of nitriles is 1. The summed E-state index contributed by atoms with van der Waals surface area (Å²) in [7, 11) is 0. The molecule has 0 unspecified atom stereocenters. The van der Waals surface area contributed by atoms with E-state index in [0.29, 0.717) is 16.8 Å². The van der Waals surface area contributed by atoms with Crippen LogP contribution in [0.5, 0.6) is 0 Å². The highest BCUT2D eigenvalue weighted by molar-refractivity contribution is 6.05. The van der Waals surface area contributed by atoms with Crippen molar-refractivity contribution >= 4 is 45.2 Å². The molecular formula is C31H28N6O. The number of nitrogens with zero attached hydrogens (tertiary/aromatic N) is 3. The van der Waals surface area contributed by atoms with Crippen LogP contribution in [0.2, 0.25) is 0 Å². The number of carbonyl (C=O) groups is 1. The first kappa shape index (κ1) is 25.9. The van der Waals surface area contributed by atoms with E-state index in [1.54, 1.807) is 30.7 Å². The third-order valence-electron chi connectivity index (χ3n) is 5.74. The van der Waals surface area contributed by atoms with Crippen molar-refractivity contribution in [2.24, 2.45) is 0 Å². The van der Waals surface area contributed by atoms with E-state index in [4.69, 9.17) is 0 Å². The van der Waals surface area contributed by atoms with Crippen molar-refractivity contribution in [1.82, 2.24) is 9.97 Å². The molecule has 5 aromatic rings. The van der Waals surface area contributed by atoms with E-state index < -0.39 is 0 Å². The van der Waals surface area contributed by atoms with Gasteiger partial charge in [0.1, 0.15) is 0 Å². The summed E-state index contributed by atoms with van der Waals surface area (Å²) in [5.41, 5.74) is 7.12. The van der Waals surface area contributed by atoms with Crippen molar-refractivity contribution in [3.05, 3.63) is 114 Å². The lowest BCUT2D eigenvalue weighted by Gasteiger charge is -2.13. The summed E-state index contributed by atoms with van der Waals surface area (Å²) in [6.45, 7) is 5.95. The van der Waals surface area contributed by atoms with Crippen LogP contribution in [-0.2, 0) is 0 Å². The lowest BCUT2D eigenvalue weighted by Crippen LogP contribution is -2.12. The number of nitrogens with one attached hydrogen (secondary N) is 3. The molecule has 188 valence electrons. The minimum Gasteiger partial charge on any atom is -0.355 e. The number of amides is 1. The minimum absolute atomic E-state index is 0.187. The maximum atomic E-state index is 12.9. The summed E-state index contributed by atoms with van der Waals surface area (Å²) in [6, 6.07) is 26.3. The molecule has 3 aromatic carbocycles. The number of anilines is 5. The molecule has 0 saturated heterocycles. The van der Waals surface area contributed by atoms with Crippen LogP contribution in [0, 0.1) is 18.3 Å². The summed E-state index contributed by atoms with van der Waals surface area (Å²) in [5, 5.41) is 19.8. The zero-order valence-electron chi connectivity index (χ0n) is 21.5. The number of pyridine rings is 2. The van der Waals surface area contributed by atoms with Gasteiger partial charge < -0.3 is 16.0 Å². The van der Waals surface area contributed by atoms with Gasteiger partial charge in [-0.2, -0.15) is 5.26 Å². The Morgan fingerprint density at radius 3 is 2.18 bits per heavy atom. The molecule has 1 amide bonds. The monoisotopic (exact) mass is 500 g/mol. The summed E-state index contributed by atoms with van der Waals surface area (Å²) in [4.78, 5) is 21.2. The number of benzene rings is 3. The van der Waals surface area contributed by atoms with Crippen molar-refractivity contribution < 1.29 is 4.79 Å². The summed E-state index contributed by atoms with van der Waals surface area (Å²) < 4.78 is 0. The van der Waals surface area contributed by atoms with Gasteiger partial charge in [0, 0.05) is 58.0 Å². The first-order chi connectivity index (χ1) is 18.6. The normalized spacial score (nSPS) is 10.1. The molecule has 0 bridgehead atoms. The van der Waals surface area contributed by atoms with E-state index in [9.17, 15) is 10.1 Å². The quantitative estimate of drug-likeness (QED) is 0.222. The molecule has 0 aliphatic heterocycles. The number of aryl methyl sites for hydroxylation is 1. The van der Waals surface area contributed by atoms with Gasteiger partial charge in [-0.3, -0.25) is 14.8 Å². The molecule has 3 N–H and O–H groups in total. The number of aromatic nitrogens is 2. The van der Waals surface area contributed by atoms with Gasteiger partial charge in [-0.05, 0) is 91.3 Å². The van der Waals surface area contributed by atoms with Crippen molar-refractivity contribution in [3.63, 3.8) is 0 Å². The van der Waals surface area contributed by atoms with Crippen LogP contribution in [-0.4, -0.2) is 15.9 Å². The van der Waals surface area contributed by atoms with Crippen molar-refractivity contribution in [2.45, 2.75) is 20.8 Å². The Morgan fingerprint density at radius 1 is 0.763 bits per heavy atom. The Labute approximate surface area is 222 Å². The van der Waals surface area contributed by atoms with Crippen LogP contribution in [0.3, 0.4) is 0 Å². The van der Waals surface area contributed by atoms with Crippen LogP contribution >= 0.6 is 0 Å². The fourth-order valence-corrected chi connectivity index (χ4v) is 3.86. The van der Waals surface area contributed by atoms with Crippen LogP contribution in [0.15, 0.2) is 97.5 Å². The highest BCUT2D eigenvalue weighted by Crippen LogP contribution is 2.28. The predicted molar refractivity (Wildman–Crippen MR) is 154 cm³/mol. The molecule has 0 atom stereocenters. The number of hydrogen-bond donors (Lipinski definition) is 3. The van der Waals surface area contributed by atoms with Gasteiger partial charge >= 0.3 is 0 Å². The Kier molecular flexibility index (Phi) is 8.27. The molecule has 38 heavy (non-hydrogen) atoms. The third-order valence-corrected chi connectivity index (χ3v) is 5.74. The van der Waals surface area contributed by atoms with Gasteiger partial charge in [-0.25, -0.2) is 0 Å². The number of fused-ring (bicyclic) bond motifs is 1. The van der Waals surface area contributed by atoms with E-state index >= 15 is 0 Å². The number of carbonyl (C=O) groups excluding carboxylic acids is 1. The van der Waals surface area contributed by atoms with E-state index in [1.165, 1.54) is 0 Å². The first-order valence-electron chi connectivity index (χ1n) is 12.3. The van der Waals surface area contributed by atoms with Gasteiger partial charge in [0.25, 0.3) is 5.91 Å². The molecule has 0 radical (unpaired) electrons. The first-order valence-corrected chi connectivity index (χ1v) is 12.3. The second kappa shape index (κ2) is 12.2. The Hall–Kier alpha value is -5.22. The molecule has 0 spiro atoms. The average molecular weight is 501 g/mol. The predicted octanol–water partition coefficient (Wildman–Crippen LogP) is 7.58. The lowest BCUT2D eigenvalue weighted by molar-refractivity contribution is 0.102.